The summed E-state index contributed by atoms with van der Waals surface area (Å²) >= 11 is 0. The molecule has 1 spiro atoms. The Balaban J connectivity index is 0.000000325. The Hall–Kier alpha value is -3.15. The Morgan fingerprint density at radius 3 is 2.67 bits per heavy atom. The Morgan fingerprint density at radius 2 is 2.03 bits per heavy atom. The molecule has 3 fully saturated rings. The molecule has 2 aromatic rings. The normalized spacial score (nSPS) is 24.5. The molecule has 2 saturated heterocycles. The number of nitrogens with zero attached hydrogens (tertiary/aromatic N) is 3. The molecule has 2 aliphatic heterocycles. The molecule has 0 bridgehead atoms. The van der Waals surface area contributed by atoms with Gasteiger partial charge in [-0.15, -0.1) is 0 Å². The number of aliphatic carboxylic acids is 1. The first-order chi connectivity index (χ1) is 15.7. The van der Waals surface area contributed by atoms with E-state index in [1.54, 1.807) is 12.3 Å². The molecule has 33 heavy (non-hydrogen) atoms. The van der Waals surface area contributed by atoms with E-state index in [0.717, 1.165) is 31.4 Å². The van der Waals surface area contributed by atoms with Crippen LogP contribution in [0.2, 0.25) is 0 Å². The van der Waals surface area contributed by atoms with Crippen LogP contribution >= 0.6 is 0 Å². The van der Waals surface area contributed by atoms with Gasteiger partial charge >= 0.3 is 12.1 Å². The number of carboxylic acids is 1. The molecule has 3 aliphatic rings. The van der Waals surface area contributed by atoms with Crippen molar-refractivity contribution in [1.29, 1.82) is 0 Å². The minimum Gasteiger partial charge on any atom is -0.475 e. The second-order valence-corrected chi connectivity index (χ2v) is 8.27. The van der Waals surface area contributed by atoms with E-state index in [1.807, 2.05) is 23.1 Å². The van der Waals surface area contributed by atoms with Crippen molar-refractivity contribution in [2.75, 3.05) is 19.7 Å². The second kappa shape index (κ2) is 9.00. The Kier molecular flexibility index (Phi) is 6.28. The van der Waals surface area contributed by atoms with E-state index in [2.05, 4.69) is 10.1 Å². The van der Waals surface area contributed by atoms with Crippen molar-refractivity contribution in [1.82, 2.24) is 15.0 Å². The van der Waals surface area contributed by atoms with Crippen molar-refractivity contribution < 1.29 is 41.9 Å². The fraction of sp³-hybridized carbons (Fsp3) is 0.524. The van der Waals surface area contributed by atoms with Crippen molar-refractivity contribution >= 4 is 11.9 Å². The number of aromatic nitrogens is 2. The highest BCUT2D eigenvalue weighted by atomic mass is 19.4. The summed E-state index contributed by atoms with van der Waals surface area (Å²) in [5.41, 5.74) is 0.0845. The zero-order chi connectivity index (χ0) is 23.6. The van der Waals surface area contributed by atoms with E-state index in [0.29, 0.717) is 37.2 Å². The zero-order valence-corrected chi connectivity index (χ0v) is 17.5. The van der Waals surface area contributed by atoms with Crippen LogP contribution in [0.4, 0.5) is 13.2 Å². The molecule has 5 rings (SSSR count). The summed E-state index contributed by atoms with van der Waals surface area (Å²) in [6.45, 7) is 1.76. The summed E-state index contributed by atoms with van der Waals surface area (Å²) in [4.78, 5) is 27.6. The maximum Gasteiger partial charge on any atom is 0.490 e. The molecule has 9 nitrogen and oxygen atoms in total. The van der Waals surface area contributed by atoms with Crippen LogP contribution < -0.4 is 4.74 Å². The maximum absolute atomic E-state index is 12.7. The predicted octanol–water partition coefficient (Wildman–Crippen LogP) is 3.03. The maximum atomic E-state index is 12.7. The van der Waals surface area contributed by atoms with Gasteiger partial charge in [0.15, 0.2) is 5.69 Å². The smallest absolute Gasteiger partial charge is 0.475 e. The number of hydrogen-bond donors (Lipinski definition) is 1. The fourth-order valence-corrected chi connectivity index (χ4v) is 3.88. The highest BCUT2D eigenvalue weighted by molar-refractivity contribution is 5.92. The van der Waals surface area contributed by atoms with E-state index in [-0.39, 0.29) is 17.6 Å². The number of carbonyl (C=O) groups is 2. The predicted molar refractivity (Wildman–Crippen MR) is 105 cm³/mol. The van der Waals surface area contributed by atoms with E-state index in [4.69, 9.17) is 23.9 Å². The topological polar surface area (TPSA) is 115 Å². The van der Waals surface area contributed by atoms with Crippen LogP contribution in [-0.4, -0.2) is 69.6 Å². The van der Waals surface area contributed by atoms with Crippen molar-refractivity contribution in [3.8, 4) is 5.88 Å². The first kappa shape index (κ1) is 23.0. The molecule has 4 heterocycles. The van der Waals surface area contributed by atoms with Crippen molar-refractivity contribution in [2.45, 2.75) is 49.5 Å². The molecule has 0 aromatic carbocycles. The van der Waals surface area contributed by atoms with Gasteiger partial charge in [0.25, 0.3) is 5.91 Å². The van der Waals surface area contributed by atoms with Crippen LogP contribution in [-0.2, 0) is 9.53 Å². The van der Waals surface area contributed by atoms with Gasteiger partial charge < -0.3 is 24.0 Å². The molecular weight excluding hydrogens is 447 g/mol. The van der Waals surface area contributed by atoms with Gasteiger partial charge in [0, 0.05) is 37.2 Å². The number of alkyl halides is 3. The molecule has 1 amide bonds. The average molecular weight is 469 g/mol. The highest BCUT2D eigenvalue weighted by Crippen LogP contribution is 2.41. The van der Waals surface area contributed by atoms with Gasteiger partial charge in [-0.1, -0.05) is 11.2 Å². The van der Waals surface area contributed by atoms with Crippen LogP contribution in [0.1, 0.15) is 47.8 Å². The van der Waals surface area contributed by atoms with Gasteiger partial charge in [-0.25, -0.2) is 9.78 Å². The zero-order valence-electron chi connectivity index (χ0n) is 17.5. The van der Waals surface area contributed by atoms with Gasteiger partial charge in [-0.3, -0.25) is 4.79 Å². The van der Waals surface area contributed by atoms with Gasteiger partial charge in [0.2, 0.25) is 5.88 Å². The molecule has 1 saturated carbocycles. The lowest BCUT2D eigenvalue weighted by atomic mass is 9.98. The van der Waals surface area contributed by atoms with Gasteiger partial charge in [-0.2, -0.15) is 13.2 Å². The number of hydrogen-bond acceptors (Lipinski definition) is 7. The number of halogens is 3. The summed E-state index contributed by atoms with van der Waals surface area (Å²) in [6, 6.07) is 7.40. The van der Waals surface area contributed by atoms with E-state index in [1.165, 1.54) is 0 Å². The Morgan fingerprint density at radius 1 is 1.27 bits per heavy atom. The molecule has 1 N–H and O–H groups in total. The van der Waals surface area contributed by atoms with Crippen LogP contribution in [0.25, 0.3) is 0 Å². The molecule has 0 radical (unpaired) electrons. The molecule has 1 aliphatic carbocycles. The second-order valence-electron chi connectivity index (χ2n) is 8.27. The first-order valence-corrected chi connectivity index (χ1v) is 10.4. The minimum atomic E-state index is -5.08. The SMILES string of the molecule is O=C(O)C(F)(F)F.O=C(c1cc(C2CC2)on1)N1CC[C@]2(C[C@@H](Oc3ccccn3)CO2)C1. The lowest BCUT2D eigenvalue weighted by molar-refractivity contribution is -0.192. The number of carboxylic acid groups (broad SMARTS) is 1. The van der Waals surface area contributed by atoms with Crippen LogP contribution in [0.5, 0.6) is 5.88 Å². The number of rotatable bonds is 4. The van der Waals surface area contributed by atoms with E-state index >= 15 is 0 Å². The number of amides is 1. The number of pyridine rings is 1. The van der Waals surface area contributed by atoms with Crippen molar-refractivity contribution in [2.24, 2.45) is 0 Å². The molecule has 2 aromatic heterocycles. The van der Waals surface area contributed by atoms with Gasteiger partial charge in [0.1, 0.15) is 11.9 Å². The quantitative estimate of drug-likeness (QED) is 0.727. The monoisotopic (exact) mass is 469 g/mol. The highest BCUT2D eigenvalue weighted by Gasteiger charge is 2.48. The van der Waals surface area contributed by atoms with Crippen LogP contribution in [0.3, 0.4) is 0 Å². The third-order valence-electron chi connectivity index (χ3n) is 5.67. The van der Waals surface area contributed by atoms with E-state index in [9.17, 15) is 18.0 Å². The minimum absolute atomic E-state index is 0.0338. The molecule has 12 heteroatoms. The molecule has 2 atom stereocenters. The van der Waals surface area contributed by atoms with Crippen LogP contribution in [0, 0.1) is 0 Å². The lowest BCUT2D eigenvalue weighted by Crippen LogP contribution is -2.36. The molecular formula is C21H22F3N3O6. The summed E-state index contributed by atoms with van der Waals surface area (Å²) in [5, 5.41) is 11.1. The fourth-order valence-electron chi connectivity index (χ4n) is 3.88. The number of likely N-dealkylation sites (tertiary alicyclic amines) is 1. The summed E-state index contributed by atoms with van der Waals surface area (Å²) in [7, 11) is 0. The summed E-state index contributed by atoms with van der Waals surface area (Å²) in [6.07, 6.45) is 0.425. The Bertz CT molecular complexity index is 995. The van der Waals surface area contributed by atoms with Crippen molar-refractivity contribution in [3.63, 3.8) is 0 Å². The summed E-state index contributed by atoms with van der Waals surface area (Å²) in [5.74, 6) is -0.929. The summed E-state index contributed by atoms with van der Waals surface area (Å²) < 4.78 is 49.0. The lowest BCUT2D eigenvalue weighted by Gasteiger charge is -2.22. The average Bonchev–Trinajstić information content (AvgIpc) is 3.19. The molecule has 0 unspecified atom stereocenters. The molecule has 178 valence electrons. The largest absolute Gasteiger partial charge is 0.490 e. The number of carbonyl (C=O) groups excluding carboxylic acids is 1. The standard InChI is InChI=1S/C19H21N3O4.C2HF3O2/c23-18(15-9-16(26-21-15)13-4-5-13)22-8-6-19(12-22)10-14(11-24-19)25-17-3-1-2-7-20-17;3-2(4,5)1(6)7/h1-3,7,9,13-14H,4-6,8,10-12H2;(H,6,7)/t14-,19+;/m1./s1. The third-order valence-corrected chi connectivity index (χ3v) is 5.67. The van der Waals surface area contributed by atoms with Crippen LogP contribution in [0.15, 0.2) is 35.0 Å². The number of ether oxygens (including phenoxy) is 2. The van der Waals surface area contributed by atoms with Crippen molar-refractivity contribution in [3.05, 3.63) is 41.9 Å². The van der Waals surface area contributed by atoms with Gasteiger partial charge in [-0.05, 0) is 25.3 Å². The van der Waals surface area contributed by atoms with Gasteiger partial charge in [0.05, 0.1) is 18.8 Å². The third kappa shape index (κ3) is 5.62. The first-order valence-electron chi connectivity index (χ1n) is 10.4. The Labute approximate surface area is 186 Å². The van der Waals surface area contributed by atoms with E-state index < -0.39 is 12.1 Å².